The summed E-state index contributed by atoms with van der Waals surface area (Å²) in [6.07, 6.45) is 2.96. The topological polar surface area (TPSA) is 52.3 Å². The van der Waals surface area contributed by atoms with E-state index < -0.39 is 5.91 Å². The molecule has 0 aliphatic heterocycles. The minimum absolute atomic E-state index is 0.464. The third-order valence-corrected chi connectivity index (χ3v) is 1.81. The molecule has 74 valence electrons. The van der Waals surface area contributed by atoms with E-state index in [1.165, 1.54) is 6.08 Å². The van der Waals surface area contributed by atoms with Crippen LogP contribution in [0, 0.1) is 6.92 Å². The Morgan fingerprint density at radius 1 is 1.50 bits per heavy atom. The van der Waals surface area contributed by atoms with Crippen LogP contribution < -0.4 is 10.5 Å². The standard InChI is InChI=1S/C11H13NO2/c1-8-3-5-10(14-2)9(7-8)4-6-11(12)13/h3-7H,1-2H3,(H2,12,13). The second-order valence-corrected chi connectivity index (χ2v) is 2.98. The second-order valence-electron chi connectivity index (χ2n) is 2.98. The number of benzene rings is 1. The van der Waals surface area contributed by atoms with Crippen LogP contribution in [0.2, 0.25) is 0 Å². The fraction of sp³-hybridized carbons (Fsp3) is 0.182. The highest BCUT2D eigenvalue weighted by molar-refractivity contribution is 5.90. The van der Waals surface area contributed by atoms with E-state index in [9.17, 15) is 4.79 Å². The van der Waals surface area contributed by atoms with Gasteiger partial charge in [0.05, 0.1) is 7.11 Å². The molecule has 1 aromatic carbocycles. The first kappa shape index (κ1) is 10.3. The fourth-order valence-corrected chi connectivity index (χ4v) is 1.16. The molecule has 0 saturated heterocycles. The number of carbonyl (C=O) groups is 1. The number of hydrogen-bond acceptors (Lipinski definition) is 2. The third-order valence-electron chi connectivity index (χ3n) is 1.81. The van der Waals surface area contributed by atoms with Crippen molar-refractivity contribution in [2.75, 3.05) is 7.11 Å². The quantitative estimate of drug-likeness (QED) is 0.736. The van der Waals surface area contributed by atoms with E-state index in [0.717, 1.165) is 16.9 Å². The first-order chi connectivity index (χ1) is 6.63. The molecular formula is C11H13NO2. The maximum atomic E-state index is 10.6. The summed E-state index contributed by atoms with van der Waals surface area (Å²) in [5, 5.41) is 0. The summed E-state index contributed by atoms with van der Waals surface area (Å²) in [4.78, 5) is 10.6. The van der Waals surface area contributed by atoms with Crippen LogP contribution in [0.5, 0.6) is 5.75 Å². The molecule has 0 heterocycles. The Labute approximate surface area is 83.2 Å². The number of nitrogens with two attached hydrogens (primary N) is 1. The van der Waals surface area contributed by atoms with Crippen LogP contribution in [-0.2, 0) is 4.79 Å². The molecule has 1 amide bonds. The first-order valence-electron chi connectivity index (χ1n) is 4.25. The van der Waals surface area contributed by atoms with Crippen molar-refractivity contribution in [1.29, 1.82) is 0 Å². The van der Waals surface area contributed by atoms with Crippen molar-refractivity contribution in [2.45, 2.75) is 6.92 Å². The Bertz CT molecular complexity index is 370. The highest BCUT2D eigenvalue weighted by Crippen LogP contribution is 2.20. The van der Waals surface area contributed by atoms with Crippen LogP contribution in [0.3, 0.4) is 0 Å². The van der Waals surface area contributed by atoms with Gasteiger partial charge in [0.1, 0.15) is 5.75 Å². The Morgan fingerprint density at radius 2 is 2.21 bits per heavy atom. The summed E-state index contributed by atoms with van der Waals surface area (Å²) in [5.41, 5.74) is 6.96. The van der Waals surface area contributed by atoms with Crippen molar-refractivity contribution in [3.05, 3.63) is 35.4 Å². The summed E-state index contributed by atoms with van der Waals surface area (Å²) in [7, 11) is 1.59. The van der Waals surface area contributed by atoms with Gasteiger partial charge < -0.3 is 10.5 Å². The average molecular weight is 191 g/mol. The van der Waals surface area contributed by atoms with Gasteiger partial charge in [-0.25, -0.2) is 0 Å². The van der Waals surface area contributed by atoms with Crippen LogP contribution in [-0.4, -0.2) is 13.0 Å². The minimum Gasteiger partial charge on any atom is -0.496 e. The molecule has 3 heteroatoms. The number of rotatable bonds is 3. The lowest BCUT2D eigenvalue weighted by atomic mass is 10.1. The van der Waals surface area contributed by atoms with Gasteiger partial charge in [-0.2, -0.15) is 0 Å². The minimum atomic E-state index is -0.464. The first-order valence-corrected chi connectivity index (χ1v) is 4.25. The molecule has 0 fully saturated rings. The van der Waals surface area contributed by atoms with Gasteiger partial charge in [-0.3, -0.25) is 4.79 Å². The van der Waals surface area contributed by atoms with E-state index in [2.05, 4.69) is 0 Å². The molecule has 1 aromatic rings. The number of hydrogen-bond donors (Lipinski definition) is 1. The summed E-state index contributed by atoms with van der Waals surface area (Å²) in [6.45, 7) is 1.97. The molecule has 1 rings (SSSR count). The molecule has 0 aromatic heterocycles. The zero-order valence-corrected chi connectivity index (χ0v) is 8.28. The maximum absolute atomic E-state index is 10.6. The number of amides is 1. The molecule has 0 bridgehead atoms. The zero-order chi connectivity index (χ0) is 10.6. The summed E-state index contributed by atoms with van der Waals surface area (Å²) < 4.78 is 5.13. The van der Waals surface area contributed by atoms with Gasteiger partial charge in [0.25, 0.3) is 0 Å². The Balaban J connectivity index is 3.04. The third kappa shape index (κ3) is 2.62. The highest BCUT2D eigenvalue weighted by Gasteiger charge is 1.99. The highest BCUT2D eigenvalue weighted by atomic mass is 16.5. The Kier molecular flexibility index (Phi) is 3.29. The predicted octanol–water partition coefficient (Wildman–Crippen LogP) is 1.50. The largest absolute Gasteiger partial charge is 0.496 e. The van der Waals surface area contributed by atoms with E-state index in [4.69, 9.17) is 10.5 Å². The average Bonchev–Trinajstić information content (AvgIpc) is 2.15. The van der Waals surface area contributed by atoms with Gasteiger partial charge in [-0.1, -0.05) is 11.6 Å². The van der Waals surface area contributed by atoms with Crippen molar-refractivity contribution in [3.8, 4) is 5.75 Å². The summed E-state index contributed by atoms with van der Waals surface area (Å²) in [5.74, 6) is 0.265. The molecule has 3 nitrogen and oxygen atoms in total. The van der Waals surface area contributed by atoms with E-state index in [0.29, 0.717) is 0 Å². The summed E-state index contributed by atoms with van der Waals surface area (Å²) >= 11 is 0. The van der Waals surface area contributed by atoms with Crippen LogP contribution in [0.25, 0.3) is 6.08 Å². The van der Waals surface area contributed by atoms with Gasteiger partial charge in [-0.05, 0) is 25.1 Å². The molecule has 0 aliphatic carbocycles. The SMILES string of the molecule is COc1ccc(C)cc1C=CC(N)=O. The molecule has 2 N–H and O–H groups in total. The molecule has 0 aliphatic rings. The van der Waals surface area contributed by atoms with Gasteiger partial charge in [0.15, 0.2) is 0 Å². The van der Waals surface area contributed by atoms with Crippen molar-refractivity contribution >= 4 is 12.0 Å². The van der Waals surface area contributed by atoms with Crippen molar-refractivity contribution in [1.82, 2.24) is 0 Å². The molecule has 0 radical (unpaired) electrons. The van der Waals surface area contributed by atoms with Gasteiger partial charge in [0.2, 0.25) is 5.91 Å². The number of carbonyl (C=O) groups excluding carboxylic acids is 1. The summed E-state index contributed by atoms with van der Waals surface area (Å²) in [6, 6.07) is 5.73. The molecular weight excluding hydrogens is 178 g/mol. The number of ether oxygens (including phenoxy) is 1. The number of primary amides is 1. The maximum Gasteiger partial charge on any atom is 0.241 e. The van der Waals surface area contributed by atoms with Gasteiger partial charge in [0, 0.05) is 11.6 Å². The number of aryl methyl sites for hydroxylation is 1. The lowest BCUT2D eigenvalue weighted by Gasteiger charge is -2.04. The van der Waals surface area contributed by atoms with E-state index in [1.807, 2.05) is 25.1 Å². The van der Waals surface area contributed by atoms with E-state index >= 15 is 0 Å². The van der Waals surface area contributed by atoms with Crippen molar-refractivity contribution < 1.29 is 9.53 Å². The monoisotopic (exact) mass is 191 g/mol. The molecule has 0 spiro atoms. The lowest BCUT2D eigenvalue weighted by molar-refractivity contribution is -0.113. The molecule has 14 heavy (non-hydrogen) atoms. The number of methoxy groups -OCH3 is 1. The molecule has 0 saturated carbocycles. The predicted molar refractivity (Wildman–Crippen MR) is 56.0 cm³/mol. The van der Waals surface area contributed by atoms with Crippen LogP contribution in [0.4, 0.5) is 0 Å². The van der Waals surface area contributed by atoms with Crippen molar-refractivity contribution in [2.24, 2.45) is 5.73 Å². The van der Waals surface area contributed by atoms with Gasteiger partial charge >= 0.3 is 0 Å². The van der Waals surface area contributed by atoms with Crippen LogP contribution >= 0.6 is 0 Å². The molecule has 0 atom stereocenters. The fourth-order valence-electron chi connectivity index (χ4n) is 1.16. The normalized spacial score (nSPS) is 10.4. The van der Waals surface area contributed by atoms with Gasteiger partial charge in [-0.15, -0.1) is 0 Å². The van der Waals surface area contributed by atoms with Crippen LogP contribution in [0.15, 0.2) is 24.3 Å². The van der Waals surface area contributed by atoms with E-state index in [-0.39, 0.29) is 0 Å². The van der Waals surface area contributed by atoms with E-state index in [1.54, 1.807) is 13.2 Å². The van der Waals surface area contributed by atoms with Crippen LogP contribution in [0.1, 0.15) is 11.1 Å². The smallest absolute Gasteiger partial charge is 0.241 e. The lowest BCUT2D eigenvalue weighted by Crippen LogP contribution is -2.05. The van der Waals surface area contributed by atoms with Crippen molar-refractivity contribution in [3.63, 3.8) is 0 Å². The molecule has 0 unspecified atom stereocenters. The Morgan fingerprint density at radius 3 is 2.79 bits per heavy atom. The zero-order valence-electron chi connectivity index (χ0n) is 8.28. The Hall–Kier alpha value is -1.77. The second kappa shape index (κ2) is 4.46.